The summed E-state index contributed by atoms with van der Waals surface area (Å²) in [5.41, 5.74) is 6.52. The second-order valence-corrected chi connectivity index (χ2v) is 5.13. The minimum absolute atomic E-state index is 0.313. The first kappa shape index (κ1) is 12.8. The second-order valence-electron chi connectivity index (χ2n) is 3.28. The van der Waals surface area contributed by atoms with Crippen molar-refractivity contribution in [2.45, 2.75) is 0 Å². The van der Waals surface area contributed by atoms with Crippen molar-refractivity contribution in [1.82, 2.24) is 10.2 Å². The van der Waals surface area contributed by atoms with Gasteiger partial charge in [0.25, 0.3) is 0 Å². The van der Waals surface area contributed by atoms with Crippen LogP contribution in [0.4, 0.5) is 5.13 Å². The maximum Gasteiger partial charge on any atom is 0.203 e. The highest BCUT2D eigenvalue weighted by Gasteiger charge is 2.08. The van der Waals surface area contributed by atoms with E-state index >= 15 is 0 Å². The smallest absolute Gasteiger partial charge is 0.203 e. The molecule has 1 aromatic carbocycles. The molecule has 0 aliphatic heterocycles. The Bertz CT molecular complexity index is 657. The molecule has 0 saturated carbocycles. The van der Waals surface area contributed by atoms with Crippen LogP contribution < -0.4 is 5.73 Å². The standard InChI is InChI=1S/C11H6Cl2N4S/c12-8-2-1-6(9(13)4-8)3-7(5-14)10-16-17-11(15)18-10/h1-4H,(H2,15,17)/b7-3+. The number of nitriles is 1. The molecule has 1 aromatic heterocycles. The molecular weight excluding hydrogens is 291 g/mol. The molecule has 2 rings (SSSR count). The number of anilines is 1. The first-order chi connectivity index (χ1) is 8.60. The minimum Gasteiger partial charge on any atom is -0.374 e. The number of rotatable bonds is 2. The van der Waals surface area contributed by atoms with Crippen LogP contribution in [0.3, 0.4) is 0 Å². The number of allylic oxidation sites excluding steroid dienone is 1. The summed E-state index contributed by atoms with van der Waals surface area (Å²) in [7, 11) is 0. The van der Waals surface area contributed by atoms with Gasteiger partial charge in [0, 0.05) is 10.0 Å². The van der Waals surface area contributed by atoms with Crippen molar-refractivity contribution < 1.29 is 0 Å². The van der Waals surface area contributed by atoms with Crippen molar-refractivity contribution in [3.8, 4) is 6.07 Å². The van der Waals surface area contributed by atoms with E-state index in [4.69, 9.17) is 34.2 Å². The van der Waals surface area contributed by atoms with E-state index in [9.17, 15) is 0 Å². The highest BCUT2D eigenvalue weighted by molar-refractivity contribution is 7.16. The second kappa shape index (κ2) is 5.36. The Kier molecular flexibility index (Phi) is 3.82. The summed E-state index contributed by atoms with van der Waals surface area (Å²) in [4.78, 5) is 0. The zero-order valence-electron chi connectivity index (χ0n) is 8.89. The zero-order chi connectivity index (χ0) is 13.1. The average Bonchev–Trinajstić information content (AvgIpc) is 2.75. The van der Waals surface area contributed by atoms with Crippen LogP contribution in [-0.2, 0) is 0 Å². The highest BCUT2D eigenvalue weighted by atomic mass is 35.5. The molecule has 0 aliphatic rings. The van der Waals surface area contributed by atoms with Crippen molar-refractivity contribution in [3.63, 3.8) is 0 Å². The van der Waals surface area contributed by atoms with Crippen LogP contribution >= 0.6 is 34.5 Å². The first-order valence-corrected chi connectivity index (χ1v) is 6.33. The Morgan fingerprint density at radius 3 is 2.72 bits per heavy atom. The molecule has 0 atom stereocenters. The number of nitrogen functional groups attached to an aromatic ring is 1. The Balaban J connectivity index is 2.45. The van der Waals surface area contributed by atoms with E-state index in [2.05, 4.69) is 10.2 Å². The first-order valence-electron chi connectivity index (χ1n) is 4.76. The number of aromatic nitrogens is 2. The largest absolute Gasteiger partial charge is 0.374 e. The topological polar surface area (TPSA) is 75.6 Å². The van der Waals surface area contributed by atoms with Crippen molar-refractivity contribution in [3.05, 3.63) is 38.8 Å². The molecule has 2 aromatic rings. The molecular formula is C11H6Cl2N4S. The number of hydrogen-bond acceptors (Lipinski definition) is 5. The molecule has 18 heavy (non-hydrogen) atoms. The molecule has 7 heteroatoms. The summed E-state index contributed by atoms with van der Waals surface area (Å²) in [6.45, 7) is 0. The Hall–Kier alpha value is -1.61. The van der Waals surface area contributed by atoms with Crippen molar-refractivity contribution in [2.24, 2.45) is 0 Å². The maximum absolute atomic E-state index is 9.11. The maximum atomic E-state index is 9.11. The molecule has 0 radical (unpaired) electrons. The predicted molar refractivity (Wildman–Crippen MR) is 74.3 cm³/mol. The van der Waals surface area contributed by atoms with Gasteiger partial charge in [0.2, 0.25) is 5.13 Å². The van der Waals surface area contributed by atoms with Crippen LogP contribution in [0, 0.1) is 11.3 Å². The van der Waals surface area contributed by atoms with Gasteiger partial charge in [-0.2, -0.15) is 5.26 Å². The molecule has 0 bridgehead atoms. The van der Waals surface area contributed by atoms with Gasteiger partial charge < -0.3 is 5.73 Å². The van der Waals surface area contributed by atoms with E-state index in [0.717, 1.165) is 11.3 Å². The van der Waals surface area contributed by atoms with Gasteiger partial charge in [0.05, 0.1) is 5.57 Å². The van der Waals surface area contributed by atoms with Crippen molar-refractivity contribution in [2.75, 3.05) is 5.73 Å². The fourth-order valence-electron chi connectivity index (χ4n) is 1.26. The summed E-state index contributed by atoms with van der Waals surface area (Å²) < 4.78 is 0. The highest BCUT2D eigenvalue weighted by Crippen LogP contribution is 2.27. The number of nitrogens with two attached hydrogens (primary N) is 1. The molecule has 90 valence electrons. The molecule has 0 saturated heterocycles. The fourth-order valence-corrected chi connectivity index (χ4v) is 2.30. The van der Waals surface area contributed by atoms with Crippen LogP contribution in [0.1, 0.15) is 10.6 Å². The van der Waals surface area contributed by atoms with Crippen LogP contribution in [0.25, 0.3) is 11.6 Å². The van der Waals surface area contributed by atoms with Gasteiger partial charge in [-0.15, -0.1) is 10.2 Å². The lowest BCUT2D eigenvalue weighted by molar-refractivity contribution is 1.08. The third kappa shape index (κ3) is 2.79. The minimum atomic E-state index is 0.313. The Labute approximate surface area is 117 Å². The molecule has 0 fully saturated rings. The van der Waals surface area contributed by atoms with Gasteiger partial charge >= 0.3 is 0 Å². The molecule has 0 spiro atoms. The summed E-state index contributed by atoms with van der Waals surface area (Å²) in [5, 5.41) is 18.4. The summed E-state index contributed by atoms with van der Waals surface area (Å²) in [5.74, 6) is 0. The van der Waals surface area contributed by atoms with E-state index in [0.29, 0.717) is 31.3 Å². The Morgan fingerprint density at radius 2 is 2.17 bits per heavy atom. The van der Waals surface area contributed by atoms with Gasteiger partial charge in [-0.25, -0.2) is 0 Å². The lowest BCUT2D eigenvalue weighted by Gasteiger charge is -1.99. The van der Waals surface area contributed by atoms with Crippen molar-refractivity contribution in [1.29, 1.82) is 5.26 Å². The van der Waals surface area contributed by atoms with Gasteiger partial charge in [0.15, 0.2) is 5.01 Å². The van der Waals surface area contributed by atoms with Crippen molar-refractivity contribution >= 4 is 51.3 Å². The number of hydrogen-bond donors (Lipinski definition) is 1. The molecule has 1 heterocycles. The summed E-state index contributed by atoms with van der Waals surface area (Å²) in [6.07, 6.45) is 1.62. The van der Waals surface area contributed by atoms with Gasteiger partial charge in [-0.3, -0.25) is 0 Å². The molecule has 4 nitrogen and oxygen atoms in total. The van der Waals surface area contributed by atoms with Gasteiger partial charge in [-0.05, 0) is 23.8 Å². The number of nitrogens with zero attached hydrogens (tertiary/aromatic N) is 3. The van der Waals surface area contributed by atoms with E-state index in [1.165, 1.54) is 0 Å². The van der Waals surface area contributed by atoms with E-state index < -0.39 is 0 Å². The van der Waals surface area contributed by atoms with Gasteiger partial charge in [0.1, 0.15) is 6.07 Å². The summed E-state index contributed by atoms with van der Waals surface area (Å²) >= 11 is 13.0. The van der Waals surface area contributed by atoms with E-state index in [-0.39, 0.29) is 0 Å². The number of halogens is 2. The van der Waals surface area contributed by atoms with Gasteiger partial charge in [-0.1, -0.05) is 40.6 Å². The van der Waals surface area contributed by atoms with E-state index in [1.807, 2.05) is 6.07 Å². The quantitative estimate of drug-likeness (QED) is 0.861. The molecule has 0 unspecified atom stereocenters. The SMILES string of the molecule is N#C/C(=C\c1ccc(Cl)cc1Cl)c1nnc(N)s1. The van der Waals surface area contributed by atoms with E-state index in [1.54, 1.807) is 24.3 Å². The molecule has 2 N–H and O–H groups in total. The predicted octanol–water partition coefficient (Wildman–Crippen LogP) is 3.49. The number of benzene rings is 1. The third-order valence-corrected chi connectivity index (χ3v) is 3.40. The van der Waals surface area contributed by atoms with Crippen LogP contribution in [0.5, 0.6) is 0 Å². The monoisotopic (exact) mass is 296 g/mol. The molecule has 0 aliphatic carbocycles. The zero-order valence-corrected chi connectivity index (χ0v) is 11.2. The fraction of sp³-hybridized carbons (Fsp3) is 0. The average molecular weight is 297 g/mol. The summed E-state index contributed by atoms with van der Waals surface area (Å²) in [6, 6.07) is 7.08. The van der Waals surface area contributed by atoms with Crippen LogP contribution in [0.2, 0.25) is 10.0 Å². The lowest BCUT2D eigenvalue weighted by atomic mass is 10.1. The molecule has 0 amide bonds. The van der Waals surface area contributed by atoms with Crippen LogP contribution in [-0.4, -0.2) is 10.2 Å². The Morgan fingerprint density at radius 1 is 1.39 bits per heavy atom. The lowest BCUT2D eigenvalue weighted by Crippen LogP contribution is -1.83. The third-order valence-electron chi connectivity index (χ3n) is 2.05. The normalized spacial score (nSPS) is 11.3. The van der Waals surface area contributed by atoms with Crippen LogP contribution in [0.15, 0.2) is 18.2 Å².